The summed E-state index contributed by atoms with van der Waals surface area (Å²) in [7, 11) is 0. The fraction of sp³-hybridized carbons (Fsp3) is 0.615. The average Bonchev–Trinajstić information content (AvgIpc) is 3.05. The van der Waals surface area contributed by atoms with E-state index in [1.807, 2.05) is 13.1 Å². The van der Waals surface area contributed by atoms with Gasteiger partial charge >= 0.3 is 12.0 Å². The maximum atomic E-state index is 11.6. The molecule has 1 aliphatic heterocycles. The largest absolute Gasteiger partial charge is 0.479 e. The van der Waals surface area contributed by atoms with E-state index in [9.17, 15) is 9.59 Å². The third-order valence-electron chi connectivity index (χ3n) is 3.26. The molecule has 1 aromatic rings. The highest BCUT2D eigenvalue weighted by molar-refractivity contribution is 5.74. The van der Waals surface area contributed by atoms with Crippen LogP contribution in [0.3, 0.4) is 0 Å². The Morgan fingerprint density at radius 1 is 1.48 bits per heavy atom. The van der Waals surface area contributed by atoms with Crippen LogP contribution in [0.4, 0.5) is 4.79 Å². The van der Waals surface area contributed by atoms with Crippen molar-refractivity contribution in [1.29, 1.82) is 0 Å². The normalized spacial score (nSPS) is 21.2. The fourth-order valence-corrected chi connectivity index (χ4v) is 2.18. The van der Waals surface area contributed by atoms with Crippen LogP contribution in [0.25, 0.3) is 0 Å². The van der Waals surface area contributed by atoms with Crippen molar-refractivity contribution in [2.45, 2.75) is 38.5 Å². The molecule has 2 heterocycles. The SMILES string of the molecule is Cc1cnn(CCNC(=O)NCC2CCC(C(=O)O)O2)c1. The van der Waals surface area contributed by atoms with Crippen molar-refractivity contribution in [3.63, 3.8) is 0 Å². The van der Waals surface area contributed by atoms with Crippen LogP contribution >= 0.6 is 0 Å². The van der Waals surface area contributed by atoms with Gasteiger partial charge in [-0.2, -0.15) is 5.10 Å². The lowest BCUT2D eigenvalue weighted by atomic mass is 10.2. The van der Waals surface area contributed by atoms with Gasteiger partial charge < -0.3 is 20.5 Å². The highest BCUT2D eigenvalue weighted by Crippen LogP contribution is 2.18. The van der Waals surface area contributed by atoms with Crippen LogP contribution in [0.2, 0.25) is 0 Å². The van der Waals surface area contributed by atoms with Gasteiger partial charge in [0.2, 0.25) is 0 Å². The van der Waals surface area contributed by atoms with Crippen molar-refractivity contribution in [3.8, 4) is 0 Å². The number of aryl methyl sites for hydroxylation is 1. The molecule has 8 heteroatoms. The molecule has 1 aromatic heterocycles. The second-order valence-electron chi connectivity index (χ2n) is 5.08. The van der Waals surface area contributed by atoms with E-state index in [4.69, 9.17) is 9.84 Å². The molecule has 116 valence electrons. The summed E-state index contributed by atoms with van der Waals surface area (Å²) in [5, 5.41) is 18.3. The number of ether oxygens (including phenoxy) is 1. The number of carboxylic acid groups (broad SMARTS) is 1. The fourth-order valence-electron chi connectivity index (χ4n) is 2.18. The van der Waals surface area contributed by atoms with E-state index in [1.54, 1.807) is 10.9 Å². The molecule has 2 rings (SSSR count). The highest BCUT2D eigenvalue weighted by atomic mass is 16.5. The Hall–Kier alpha value is -2.09. The number of carbonyl (C=O) groups is 2. The van der Waals surface area contributed by atoms with E-state index < -0.39 is 12.1 Å². The summed E-state index contributed by atoms with van der Waals surface area (Å²) < 4.78 is 7.05. The molecule has 0 aliphatic carbocycles. The Labute approximate surface area is 122 Å². The Kier molecular flexibility index (Phi) is 5.15. The number of urea groups is 1. The lowest BCUT2D eigenvalue weighted by molar-refractivity contribution is -0.149. The number of hydrogen-bond donors (Lipinski definition) is 3. The average molecular weight is 296 g/mol. The van der Waals surface area contributed by atoms with Crippen LogP contribution < -0.4 is 10.6 Å². The maximum Gasteiger partial charge on any atom is 0.332 e. The molecule has 1 fully saturated rings. The summed E-state index contributed by atoms with van der Waals surface area (Å²) in [5.74, 6) is -0.948. The number of nitrogens with one attached hydrogen (secondary N) is 2. The van der Waals surface area contributed by atoms with Crippen molar-refractivity contribution in [3.05, 3.63) is 18.0 Å². The van der Waals surface area contributed by atoms with E-state index in [1.165, 1.54) is 0 Å². The van der Waals surface area contributed by atoms with Crippen LogP contribution in [0.1, 0.15) is 18.4 Å². The molecular formula is C13H20N4O4. The van der Waals surface area contributed by atoms with E-state index in [0.717, 1.165) is 5.56 Å². The molecule has 1 aliphatic rings. The molecule has 3 N–H and O–H groups in total. The molecule has 1 saturated heterocycles. The maximum absolute atomic E-state index is 11.6. The first-order valence-corrected chi connectivity index (χ1v) is 6.93. The molecule has 21 heavy (non-hydrogen) atoms. The Morgan fingerprint density at radius 3 is 2.90 bits per heavy atom. The van der Waals surface area contributed by atoms with Crippen LogP contribution in [-0.2, 0) is 16.1 Å². The second-order valence-corrected chi connectivity index (χ2v) is 5.08. The highest BCUT2D eigenvalue weighted by Gasteiger charge is 2.30. The summed E-state index contributed by atoms with van der Waals surface area (Å²) in [5.41, 5.74) is 1.07. The molecule has 0 aromatic carbocycles. The van der Waals surface area contributed by atoms with Gasteiger partial charge in [-0.05, 0) is 25.3 Å². The predicted octanol–water partition coefficient (Wildman–Crippen LogP) is 0.123. The quantitative estimate of drug-likeness (QED) is 0.691. The number of carboxylic acids is 1. The number of aliphatic carboxylic acids is 1. The molecule has 2 unspecified atom stereocenters. The van der Waals surface area contributed by atoms with Gasteiger partial charge in [0.1, 0.15) is 0 Å². The number of carbonyl (C=O) groups excluding carboxylic acids is 1. The molecule has 0 saturated carbocycles. The Balaban J connectivity index is 1.59. The van der Waals surface area contributed by atoms with Crippen molar-refractivity contribution < 1.29 is 19.4 Å². The lowest BCUT2D eigenvalue weighted by Crippen LogP contribution is -2.41. The molecule has 2 atom stereocenters. The summed E-state index contributed by atoms with van der Waals surface area (Å²) in [4.78, 5) is 22.3. The third kappa shape index (κ3) is 4.75. The predicted molar refractivity (Wildman–Crippen MR) is 73.9 cm³/mol. The lowest BCUT2D eigenvalue weighted by Gasteiger charge is -2.13. The van der Waals surface area contributed by atoms with Gasteiger partial charge in [0.05, 0.1) is 18.8 Å². The summed E-state index contributed by atoms with van der Waals surface area (Å²) in [6.45, 7) is 3.34. The van der Waals surface area contributed by atoms with E-state index in [2.05, 4.69) is 15.7 Å². The van der Waals surface area contributed by atoms with Gasteiger partial charge in [-0.3, -0.25) is 4.68 Å². The smallest absolute Gasteiger partial charge is 0.332 e. The molecular weight excluding hydrogens is 276 g/mol. The first kappa shape index (κ1) is 15.3. The topological polar surface area (TPSA) is 105 Å². The van der Waals surface area contributed by atoms with Crippen molar-refractivity contribution in [2.24, 2.45) is 0 Å². The molecule has 0 bridgehead atoms. The van der Waals surface area contributed by atoms with Crippen molar-refractivity contribution in [2.75, 3.05) is 13.1 Å². The summed E-state index contributed by atoms with van der Waals surface area (Å²) in [6.07, 6.45) is 3.81. The zero-order valence-corrected chi connectivity index (χ0v) is 11.9. The van der Waals surface area contributed by atoms with Gasteiger partial charge in [0, 0.05) is 19.3 Å². The van der Waals surface area contributed by atoms with Crippen LogP contribution in [0, 0.1) is 6.92 Å². The van der Waals surface area contributed by atoms with E-state index >= 15 is 0 Å². The summed E-state index contributed by atoms with van der Waals surface area (Å²) >= 11 is 0. The standard InChI is InChI=1S/C13H20N4O4/c1-9-6-16-17(8-9)5-4-14-13(20)15-7-10-2-3-11(21-10)12(18)19/h6,8,10-11H,2-5,7H2,1H3,(H,18,19)(H2,14,15,20). The first-order valence-electron chi connectivity index (χ1n) is 6.93. The van der Waals surface area contributed by atoms with Gasteiger partial charge in [-0.1, -0.05) is 0 Å². The van der Waals surface area contributed by atoms with Gasteiger partial charge in [0.25, 0.3) is 0 Å². The van der Waals surface area contributed by atoms with Crippen molar-refractivity contribution >= 4 is 12.0 Å². The number of aromatic nitrogens is 2. The number of nitrogens with zero attached hydrogens (tertiary/aromatic N) is 2. The zero-order valence-electron chi connectivity index (χ0n) is 11.9. The van der Waals surface area contributed by atoms with Crippen LogP contribution in [0.15, 0.2) is 12.4 Å². The minimum Gasteiger partial charge on any atom is -0.479 e. The number of amides is 2. The summed E-state index contributed by atoms with van der Waals surface area (Å²) in [6, 6.07) is -0.291. The van der Waals surface area contributed by atoms with Crippen LogP contribution in [-0.4, -0.2) is 52.2 Å². The van der Waals surface area contributed by atoms with Gasteiger partial charge in [0.15, 0.2) is 6.10 Å². The minimum absolute atomic E-state index is 0.231. The number of hydrogen-bond acceptors (Lipinski definition) is 4. The molecule has 2 amide bonds. The Bertz CT molecular complexity index is 502. The van der Waals surface area contributed by atoms with E-state index in [0.29, 0.717) is 32.5 Å². The van der Waals surface area contributed by atoms with E-state index in [-0.39, 0.29) is 12.1 Å². The minimum atomic E-state index is -0.948. The zero-order chi connectivity index (χ0) is 15.2. The third-order valence-corrected chi connectivity index (χ3v) is 3.26. The van der Waals surface area contributed by atoms with Gasteiger partial charge in [-0.25, -0.2) is 9.59 Å². The monoisotopic (exact) mass is 296 g/mol. The number of rotatable bonds is 6. The van der Waals surface area contributed by atoms with Crippen LogP contribution in [0.5, 0.6) is 0 Å². The second kappa shape index (κ2) is 7.07. The van der Waals surface area contributed by atoms with Crippen molar-refractivity contribution in [1.82, 2.24) is 20.4 Å². The molecule has 8 nitrogen and oxygen atoms in total. The molecule has 0 radical (unpaired) electrons. The Morgan fingerprint density at radius 2 is 2.29 bits per heavy atom. The first-order chi connectivity index (χ1) is 10.0. The molecule has 0 spiro atoms. The van der Waals surface area contributed by atoms with Gasteiger partial charge in [-0.15, -0.1) is 0 Å².